The van der Waals surface area contributed by atoms with Crippen LogP contribution in [0.2, 0.25) is 0 Å². The van der Waals surface area contributed by atoms with Gasteiger partial charge in [-0.2, -0.15) is 0 Å². The number of hydrogen-bond donors (Lipinski definition) is 3. The van der Waals surface area contributed by atoms with Gasteiger partial charge in [0.25, 0.3) is 0 Å². The molecule has 0 amide bonds. The van der Waals surface area contributed by atoms with Gasteiger partial charge in [-0.25, -0.2) is 0 Å². The lowest BCUT2D eigenvalue weighted by molar-refractivity contribution is -0.385. The van der Waals surface area contributed by atoms with Gasteiger partial charge in [0.05, 0.1) is 18.1 Å². The zero-order chi connectivity index (χ0) is 13.0. The molecule has 0 saturated heterocycles. The quantitative estimate of drug-likeness (QED) is 0.492. The van der Waals surface area contributed by atoms with E-state index in [1.807, 2.05) is 0 Å². The van der Waals surface area contributed by atoms with E-state index < -0.39 is 17.1 Å². The summed E-state index contributed by atoms with van der Waals surface area (Å²) < 4.78 is 4.82. The Kier molecular flexibility index (Phi) is 4.38. The second kappa shape index (κ2) is 5.58. The number of nitrogens with zero attached hydrogens (tertiary/aromatic N) is 1. The zero-order valence-corrected chi connectivity index (χ0v) is 9.24. The molecular formula is C10H14N2O5. The van der Waals surface area contributed by atoms with Crippen molar-refractivity contribution in [1.29, 1.82) is 0 Å². The Hall–Kier alpha value is -1.70. The number of nitro benzene ring substituents is 1. The second-order valence-corrected chi connectivity index (χ2v) is 3.44. The van der Waals surface area contributed by atoms with Crippen molar-refractivity contribution in [3.05, 3.63) is 33.9 Å². The van der Waals surface area contributed by atoms with Gasteiger partial charge in [-0.3, -0.25) is 10.1 Å². The molecule has 0 aliphatic rings. The van der Waals surface area contributed by atoms with Crippen molar-refractivity contribution in [3.8, 4) is 5.75 Å². The molecule has 0 saturated carbocycles. The normalized spacial score (nSPS) is 14.1. The van der Waals surface area contributed by atoms with Crippen molar-refractivity contribution in [2.45, 2.75) is 12.2 Å². The van der Waals surface area contributed by atoms with Gasteiger partial charge < -0.3 is 20.7 Å². The van der Waals surface area contributed by atoms with Gasteiger partial charge in [0.1, 0.15) is 6.10 Å². The Morgan fingerprint density at radius 3 is 2.65 bits per heavy atom. The average Bonchev–Trinajstić information content (AvgIpc) is 2.35. The predicted octanol–water partition coefficient (Wildman–Crippen LogP) is -0.0436. The number of ether oxygens (including phenoxy) is 1. The maximum atomic E-state index is 10.8. The molecule has 0 aliphatic heterocycles. The Morgan fingerprint density at radius 1 is 1.53 bits per heavy atom. The molecule has 0 aliphatic carbocycles. The third kappa shape index (κ3) is 2.90. The van der Waals surface area contributed by atoms with Crippen molar-refractivity contribution in [2.24, 2.45) is 5.73 Å². The van der Waals surface area contributed by atoms with Gasteiger partial charge in [0.2, 0.25) is 0 Å². The van der Waals surface area contributed by atoms with Crippen molar-refractivity contribution >= 4 is 5.69 Å². The van der Waals surface area contributed by atoms with E-state index in [0.29, 0.717) is 0 Å². The Morgan fingerprint density at radius 2 is 2.18 bits per heavy atom. The lowest BCUT2D eigenvalue weighted by atomic mass is 10.0. The smallest absolute Gasteiger partial charge is 0.311 e. The van der Waals surface area contributed by atoms with Crippen molar-refractivity contribution in [1.82, 2.24) is 0 Å². The molecular weight excluding hydrogens is 228 g/mol. The first-order valence-electron chi connectivity index (χ1n) is 4.89. The monoisotopic (exact) mass is 242 g/mol. The van der Waals surface area contributed by atoms with Crippen LogP contribution < -0.4 is 10.5 Å². The van der Waals surface area contributed by atoms with Gasteiger partial charge in [0.15, 0.2) is 5.75 Å². The molecule has 17 heavy (non-hydrogen) atoms. The molecule has 0 radical (unpaired) electrons. The van der Waals surface area contributed by atoms with Crippen LogP contribution in [0.1, 0.15) is 11.7 Å². The van der Waals surface area contributed by atoms with E-state index in [-0.39, 0.29) is 23.5 Å². The maximum absolute atomic E-state index is 10.8. The third-order valence-electron chi connectivity index (χ3n) is 2.35. The number of rotatable bonds is 5. The molecule has 7 heteroatoms. The molecule has 4 N–H and O–H groups in total. The van der Waals surface area contributed by atoms with Crippen LogP contribution in [0.25, 0.3) is 0 Å². The van der Waals surface area contributed by atoms with Crippen LogP contribution in [0.15, 0.2) is 18.2 Å². The molecule has 7 nitrogen and oxygen atoms in total. The summed E-state index contributed by atoms with van der Waals surface area (Å²) in [5.74, 6) is 0.0909. The summed E-state index contributed by atoms with van der Waals surface area (Å²) in [6.07, 6.45) is -2.42. The molecule has 0 aromatic heterocycles. The highest BCUT2D eigenvalue weighted by Gasteiger charge is 2.22. The number of methoxy groups -OCH3 is 1. The molecule has 1 aromatic rings. The Bertz CT molecular complexity index is 410. The van der Waals surface area contributed by atoms with Gasteiger partial charge in [-0.05, 0) is 11.6 Å². The SMILES string of the molecule is COc1ccc(C(O)C(O)CN)cc1[N+](=O)[O-]. The fourth-order valence-electron chi connectivity index (χ4n) is 1.38. The van der Waals surface area contributed by atoms with Gasteiger partial charge in [-0.15, -0.1) is 0 Å². The first kappa shape index (κ1) is 13.4. The first-order valence-corrected chi connectivity index (χ1v) is 4.89. The highest BCUT2D eigenvalue weighted by Crippen LogP contribution is 2.30. The highest BCUT2D eigenvalue weighted by atomic mass is 16.6. The van der Waals surface area contributed by atoms with E-state index >= 15 is 0 Å². The minimum Gasteiger partial charge on any atom is -0.490 e. The van der Waals surface area contributed by atoms with E-state index in [4.69, 9.17) is 10.5 Å². The summed E-state index contributed by atoms with van der Waals surface area (Å²) in [5.41, 5.74) is 5.14. The number of aliphatic hydroxyl groups excluding tert-OH is 2. The lowest BCUT2D eigenvalue weighted by Crippen LogP contribution is -2.27. The Balaban J connectivity index is 3.12. The van der Waals surface area contributed by atoms with Crippen LogP contribution in [0, 0.1) is 10.1 Å². The van der Waals surface area contributed by atoms with E-state index in [2.05, 4.69) is 0 Å². The summed E-state index contributed by atoms with van der Waals surface area (Å²) in [6, 6.07) is 3.96. The summed E-state index contributed by atoms with van der Waals surface area (Å²) in [5, 5.41) is 29.8. The average molecular weight is 242 g/mol. The largest absolute Gasteiger partial charge is 0.490 e. The molecule has 0 spiro atoms. The molecule has 94 valence electrons. The topological polar surface area (TPSA) is 119 Å². The van der Waals surface area contributed by atoms with E-state index in [1.165, 1.54) is 19.2 Å². The van der Waals surface area contributed by atoms with Crippen LogP contribution in [0.3, 0.4) is 0 Å². The number of aliphatic hydroxyl groups is 2. The number of hydrogen-bond acceptors (Lipinski definition) is 6. The fraction of sp³-hybridized carbons (Fsp3) is 0.400. The second-order valence-electron chi connectivity index (χ2n) is 3.44. The molecule has 2 atom stereocenters. The van der Waals surface area contributed by atoms with Crippen molar-refractivity contribution in [2.75, 3.05) is 13.7 Å². The van der Waals surface area contributed by atoms with Crippen LogP contribution in [0.5, 0.6) is 5.75 Å². The molecule has 2 unspecified atom stereocenters. The van der Waals surface area contributed by atoms with Crippen LogP contribution in [-0.4, -0.2) is 34.9 Å². The molecule has 1 rings (SSSR count). The lowest BCUT2D eigenvalue weighted by Gasteiger charge is -2.16. The number of nitrogens with two attached hydrogens (primary N) is 1. The summed E-state index contributed by atoms with van der Waals surface area (Å²) in [4.78, 5) is 10.1. The van der Waals surface area contributed by atoms with E-state index in [9.17, 15) is 20.3 Å². The minimum atomic E-state index is -1.26. The highest BCUT2D eigenvalue weighted by molar-refractivity contribution is 5.49. The molecule has 0 bridgehead atoms. The van der Waals surface area contributed by atoms with Crippen LogP contribution >= 0.6 is 0 Å². The third-order valence-corrected chi connectivity index (χ3v) is 2.35. The zero-order valence-electron chi connectivity index (χ0n) is 9.24. The van der Waals surface area contributed by atoms with Gasteiger partial charge in [0, 0.05) is 12.6 Å². The van der Waals surface area contributed by atoms with Crippen LogP contribution in [0.4, 0.5) is 5.69 Å². The Labute approximate surface area is 97.6 Å². The van der Waals surface area contributed by atoms with Gasteiger partial charge in [-0.1, -0.05) is 6.07 Å². The van der Waals surface area contributed by atoms with Crippen molar-refractivity contribution in [3.63, 3.8) is 0 Å². The molecule has 1 aromatic carbocycles. The fourth-order valence-corrected chi connectivity index (χ4v) is 1.38. The minimum absolute atomic E-state index is 0.0909. The molecule has 0 heterocycles. The first-order chi connectivity index (χ1) is 8.01. The number of nitro groups is 1. The summed E-state index contributed by atoms with van der Waals surface area (Å²) >= 11 is 0. The maximum Gasteiger partial charge on any atom is 0.311 e. The predicted molar refractivity (Wildman–Crippen MR) is 59.7 cm³/mol. The summed E-state index contributed by atoms with van der Waals surface area (Å²) in [7, 11) is 1.31. The van der Waals surface area contributed by atoms with E-state index in [0.717, 1.165) is 6.07 Å². The summed E-state index contributed by atoms with van der Waals surface area (Å²) in [6.45, 7) is -0.138. The van der Waals surface area contributed by atoms with E-state index in [1.54, 1.807) is 0 Å². The standard InChI is InChI=1S/C10H14N2O5/c1-17-9-3-2-6(4-7(9)12(15)16)10(14)8(13)5-11/h2-4,8,10,13-14H,5,11H2,1H3. The molecule has 0 fully saturated rings. The van der Waals surface area contributed by atoms with Crippen molar-refractivity contribution < 1.29 is 19.9 Å². The number of benzene rings is 1. The van der Waals surface area contributed by atoms with Gasteiger partial charge >= 0.3 is 5.69 Å². The van der Waals surface area contributed by atoms with Crippen LogP contribution in [-0.2, 0) is 0 Å².